The average molecular weight is 399 g/mol. The van der Waals surface area contributed by atoms with Crippen molar-refractivity contribution in [1.29, 1.82) is 0 Å². The number of halogens is 1. The molecule has 4 nitrogen and oxygen atoms in total. The summed E-state index contributed by atoms with van der Waals surface area (Å²) in [6.45, 7) is 3.49. The Morgan fingerprint density at radius 3 is 2.43 bits per heavy atom. The number of carbonyl (C=O) groups excluding carboxylic acids is 2. The standard InChI is InChI=1S/C23H27ClN2O2/c1-18(27)26(22-9-5-8-21(24)17-22)15-12-23(28)25-13-10-20(11-14-25)16-19-6-3-2-4-7-19/h2-9,17,20H,10-16H2,1H3. The summed E-state index contributed by atoms with van der Waals surface area (Å²) in [5, 5.41) is 0.579. The van der Waals surface area contributed by atoms with Crippen molar-refractivity contribution in [2.24, 2.45) is 5.92 Å². The minimum absolute atomic E-state index is 0.0864. The summed E-state index contributed by atoms with van der Waals surface area (Å²) in [5.41, 5.74) is 2.10. The van der Waals surface area contributed by atoms with Gasteiger partial charge in [-0.2, -0.15) is 0 Å². The molecule has 3 rings (SSSR count). The van der Waals surface area contributed by atoms with Crippen molar-refractivity contribution in [2.45, 2.75) is 32.6 Å². The van der Waals surface area contributed by atoms with Crippen LogP contribution in [0.2, 0.25) is 5.02 Å². The largest absolute Gasteiger partial charge is 0.343 e. The molecule has 0 unspecified atom stereocenters. The molecule has 1 heterocycles. The van der Waals surface area contributed by atoms with Crippen molar-refractivity contribution >= 4 is 29.1 Å². The summed E-state index contributed by atoms with van der Waals surface area (Å²) in [6.07, 6.45) is 3.47. The normalized spacial score (nSPS) is 14.7. The molecule has 1 aliphatic rings. The summed E-state index contributed by atoms with van der Waals surface area (Å²) in [5.74, 6) is 0.662. The molecule has 28 heavy (non-hydrogen) atoms. The van der Waals surface area contributed by atoms with Crippen molar-refractivity contribution < 1.29 is 9.59 Å². The lowest BCUT2D eigenvalue weighted by Crippen LogP contribution is -2.41. The Labute approximate surface area is 172 Å². The first-order valence-electron chi connectivity index (χ1n) is 9.88. The Morgan fingerprint density at radius 2 is 1.79 bits per heavy atom. The van der Waals surface area contributed by atoms with E-state index in [9.17, 15) is 9.59 Å². The number of amides is 2. The van der Waals surface area contributed by atoms with Crippen LogP contribution in [0, 0.1) is 5.92 Å². The Balaban J connectivity index is 1.49. The zero-order valence-electron chi connectivity index (χ0n) is 16.3. The second-order valence-electron chi connectivity index (χ2n) is 7.41. The third-order valence-corrected chi connectivity index (χ3v) is 5.62. The molecule has 1 aliphatic heterocycles. The molecule has 2 aromatic carbocycles. The zero-order chi connectivity index (χ0) is 19.9. The topological polar surface area (TPSA) is 40.6 Å². The van der Waals surface area contributed by atoms with Crippen LogP contribution in [0.4, 0.5) is 5.69 Å². The molecule has 0 radical (unpaired) electrons. The summed E-state index contributed by atoms with van der Waals surface area (Å²) in [7, 11) is 0. The van der Waals surface area contributed by atoms with Gasteiger partial charge in [0.15, 0.2) is 0 Å². The Hall–Kier alpha value is -2.33. The van der Waals surface area contributed by atoms with E-state index >= 15 is 0 Å². The lowest BCUT2D eigenvalue weighted by atomic mass is 9.90. The Morgan fingerprint density at radius 1 is 1.07 bits per heavy atom. The Bertz CT molecular complexity index is 801. The van der Waals surface area contributed by atoms with Gasteiger partial charge in [0.25, 0.3) is 0 Å². The maximum atomic E-state index is 12.7. The maximum absolute atomic E-state index is 12.7. The summed E-state index contributed by atoms with van der Waals surface area (Å²) in [4.78, 5) is 28.2. The monoisotopic (exact) mass is 398 g/mol. The molecule has 1 fully saturated rings. The lowest BCUT2D eigenvalue weighted by molar-refractivity contribution is -0.132. The average Bonchev–Trinajstić information content (AvgIpc) is 2.69. The second-order valence-corrected chi connectivity index (χ2v) is 7.85. The van der Waals surface area contributed by atoms with Gasteiger partial charge < -0.3 is 9.80 Å². The van der Waals surface area contributed by atoms with E-state index < -0.39 is 0 Å². The number of anilines is 1. The predicted molar refractivity (Wildman–Crippen MR) is 114 cm³/mol. The molecule has 0 N–H and O–H groups in total. The maximum Gasteiger partial charge on any atom is 0.224 e. The van der Waals surface area contributed by atoms with Gasteiger partial charge in [-0.1, -0.05) is 48.0 Å². The quantitative estimate of drug-likeness (QED) is 0.715. The third-order valence-electron chi connectivity index (χ3n) is 5.38. The number of piperidine rings is 1. The predicted octanol–water partition coefficient (Wildman–Crippen LogP) is 4.56. The van der Waals surface area contributed by atoms with Gasteiger partial charge in [-0.3, -0.25) is 9.59 Å². The fraction of sp³-hybridized carbons (Fsp3) is 0.391. The third kappa shape index (κ3) is 5.59. The minimum Gasteiger partial charge on any atom is -0.343 e. The van der Waals surface area contributed by atoms with Gasteiger partial charge in [-0.15, -0.1) is 0 Å². The van der Waals surface area contributed by atoms with E-state index in [0.29, 0.717) is 23.9 Å². The van der Waals surface area contributed by atoms with E-state index in [0.717, 1.165) is 38.0 Å². The number of hydrogen-bond donors (Lipinski definition) is 0. The molecule has 2 aromatic rings. The number of carbonyl (C=O) groups is 2. The van der Waals surface area contributed by atoms with E-state index in [1.165, 1.54) is 12.5 Å². The van der Waals surface area contributed by atoms with Gasteiger partial charge >= 0.3 is 0 Å². The van der Waals surface area contributed by atoms with Crippen LogP contribution in [0.25, 0.3) is 0 Å². The highest BCUT2D eigenvalue weighted by molar-refractivity contribution is 6.30. The molecule has 0 saturated carbocycles. The van der Waals surface area contributed by atoms with Gasteiger partial charge in [0.2, 0.25) is 11.8 Å². The van der Waals surface area contributed by atoms with Gasteiger partial charge in [-0.05, 0) is 48.9 Å². The van der Waals surface area contributed by atoms with E-state index in [-0.39, 0.29) is 11.8 Å². The summed E-state index contributed by atoms with van der Waals surface area (Å²) in [6, 6.07) is 17.7. The summed E-state index contributed by atoms with van der Waals surface area (Å²) >= 11 is 6.04. The number of benzene rings is 2. The van der Waals surface area contributed by atoms with Crippen molar-refractivity contribution in [3.05, 3.63) is 65.2 Å². The molecule has 1 saturated heterocycles. The van der Waals surface area contributed by atoms with Crippen LogP contribution in [0.15, 0.2) is 54.6 Å². The number of rotatable bonds is 6. The molecule has 0 bridgehead atoms. The highest BCUT2D eigenvalue weighted by atomic mass is 35.5. The van der Waals surface area contributed by atoms with E-state index in [1.54, 1.807) is 17.0 Å². The van der Waals surface area contributed by atoms with Gasteiger partial charge in [0.1, 0.15) is 0 Å². The van der Waals surface area contributed by atoms with Crippen LogP contribution in [0.1, 0.15) is 31.7 Å². The minimum atomic E-state index is -0.0864. The first-order chi connectivity index (χ1) is 13.5. The second kappa shape index (κ2) is 9.74. The fourth-order valence-corrected chi connectivity index (χ4v) is 4.00. The molecule has 0 aromatic heterocycles. The molecule has 148 valence electrons. The van der Waals surface area contributed by atoms with Crippen LogP contribution in [-0.4, -0.2) is 36.3 Å². The smallest absolute Gasteiger partial charge is 0.224 e. The van der Waals surface area contributed by atoms with Crippen LogP contribution in [-0.2, 0) is 16.0 Å². The van der Waals surface area contributed by atoms with E-state index in [2.05, 4.69) is 24.3 Å². The summed E-state index contributed by atoms with van der Waals surface area (Å²) < 4.78 is 0. The van der Waals surface area contributed by atoms with Crippen LogP contribution in [0.3, 0.4) is 0 Å². The van der Waals surface area contributed by atoms with Gasteiger partial charge in [0.05, 0.1) is 0 Å². The van der Waals surface area contributed by atoms with Crippen molar-refractivity contribution in [2.75, 3.05) is 24.5 Å². The molecule has 0 atom stereocenters. The van der Waals surface area contributed by atoms with Crippen molar-refractivity contribution in [1.82, 2.24) is 4.90 Å². The number of hydrogen-bond acceptors (Lipinski definition) is 2. The SMILES string of the molecule is CC(=O)N(CCC(=O)N1CCC(Cc2ccccc2)CC1)c1cccc(Cl)c1. The van der Waals surface area contributed by atoms with E-state index in [4.69, 9.17) is 11.6 Å². The van der Waals surface area contributed by atoms with Crippen molar-refractivity contribution in [3.63, 3.8) is 0 Å². The molecule has 0 spiro atoms. The van der Waals surface area contributed by atoms with Crippen LogP contribution < -0.4 is 4.90 Å². The van der Waals surface area contributed by atoms with Gasteiger partial charge in [-0.25, -0.2) is 0 Å². The van der Waals surface area contributed by atoms with Crippen LogP contribution in [0.5, 0.6) is 0 Å². The Kier molecular flexibility index (Phi) is 7.10. The molecular weight excluding hydrogens is 372 g/mol. The van der Waals surface area contributed by atoms with Crippen LogP contribution >= 0.6 is 11.6 Å². The van der Waals surface area contributed by atoms with E-state index in [1.807, 2.05) is 23.1 Å². The number of likely N-dealkylation sites (tertiary alicyclic amines) is 1. The molecule has 0 aliphatic carbocycles. The highest BCUT2D eigenvalue weighted by Crippen LogP contribution is 2.23. The molecular formula is C23H27ClN2O2. The molecule has 2 amide bonds. The fourth-order valence-electron chi connectivity index (χ4n) is 3.81. The molecule has 5 heteroatoms. The number of nitrogens with zero attached hydrogens (tertiary/aromatic N) is 2. The highest BCUT2D eigenvalue weighted by Gasteiger charge is 2.23. The lowest BCUT2D eigenvalue weighted by Gasteiger charge is -2.33. The first-order valence-corrected chi connectivity index (χ1v) is 10.3. The first kappa shape index (κ1) is 20.4. The van der Waals surface area contributed by atoms with Gasteiger partial charge in [0, 0.05) is 43.7 Å². The van der Waals surface area contributed by atoms with Crippen molar-refractivity contribution in [3.8, 4) is 0 Å². The zero-order valence-corrected chi connectivity index (χ0v) is 17.1.